The normalized spacial score (nSPS) is 12.4. The molecule has 20 heavy (non-hydrogen) atoms. The van der Waals surface area contributed by atoms with Gasteiger partial charge in [0.05, 0.1) is 12.6 Å². The monoisotopic (exact) mass is 292 g/mol. The van der Waals surface area contributed by atoms with Crippen molar-refractivity contribution >= 4 is 23.2 Å². The molecule has 0 saturated carbocycles. The van der Waals surface area contributed by atoms with Crippen molar-refractivity contribution in [3.8, 4) is 12.3 Å². The molecule has 6 heteroatoms. The highest BCUT2D eigenvalue weighted by molar-refractivity contribution is 7.10. The van der Waals surface area contributed by atoms with Crippen LogP contribution in [-0.4, -0.2) is 44.0 Å². The summed E-state index contributed by atoms with van der Waals surface area (Å²) in [6.07, 6.45) is 5.24. The van der Waals surface area contributed by atoms with Crippen molar-refractivity contribution in [3.05, 3.63) is 22.4 Å². The van der Waals surface area contributed by atoms with E-state index in [2.05, 4.69) is 21.5 Å². The molecule has 1 amide bonds. The molecule has 1 unspecified atom stereocenters. The van der Waals surface area contributed by atoms with Crippen LogP contribution in [0.4, 0.5) is 0 Å². The number of amides is 1. The second kappa shape index (κ2) is 8.23. The van der Waals surface area contributed by atoms with Crippen molar-refractivity contribution in [2.24, 2.45) is 4.99 Å². The fourth-order valence-corrected chi connectivity index (χ4v) is 2.12. The van der Waals surface area contributed by atoms with E-state index in [1.54, 1.807) is 25.4 Å². The van der Waals surface area contributed by atoms with Gasteiger partial charge in [0, 0.05) is 19.0 Å². The fourth-order valence-electron chi connectivity index (χ4n) is 1.39. The molecule has 0 bridgehead atoms. The number of nitrogens with zero attached hydrogens (tertiary/aromatic N) is 2. The van der Waals surface area contributed by atoms with E-state index in [9.17, 15) is 4.79 Å². The first-order valence-corrected chi connectivity index (χ1v) is 7.14. The van der Waals surface area contributed by atoms with Crippen LogP contribution in [0.25, 0.3) is 0 Å². The lowest BCUT2D eigenvalue weighted by molar-refractivity contribution is -0.127. The molecule has 108 valence electrons. The van der Waals surface area contributed by atoms with Crippen molar-refractivity contribution in [3.63, 3.8) is 0 Å². The van der Waals surface area contributed by atoms with Crippen LogP contribution in [-0.2, 0) is 4.79 Å². The Morgan fingerprint density at radius 1 is 1.60 bits per heavy atom. The molecule has 1 rings (SSSR count). The molecule has 1 aromatic heterocycles. The van der Waals surface area contributed by atoms with Gasteiger partial charge < -0.3 is 15.5 Å². The standard InChI is InChI=1S/C14H20N4OS/c1-5-8-15-14(16-10-13(19)18(3)4)17-11(2)12-7-6-9-20-12/h1,6-7,9,11H,8,10H2,2-4H3,(H2,15,16,17). The quantitative estimate of drug-likeness (QED) is 0.485. The molecular weight excluding hydrogens is 272 g/mol. The predicted octanol–water partition coefficient (Wildman–Crippen LogP) is 1.07. The van der Waals surface area contributed by atoms with Crippen molar-refractivity contribution in [1.29, 1.82) is 0 Å². The summed E-state index contributed by atoms with van der Waals surface area (Å²) in [5.74, 6) is 2.97. The summed E-state index contributed by atoms with van der Waals surface area (Å²) in [5, 5.41) is 8.25. The number of rotatable bonds is 5. The van der Waals surface area contributed by atoms with Crippen LogP contribution >= 0.6 is 11.3 Å². The lowest BCUT2D eigenvalue weighted by Crippen LogP contribution is -2.39. The number of nitrogens with one attached hydrogen (secondary N) is 2. The van der Waals surface area contributed by atoms with Crippen LogP contribution in [0.1, 0.15) is 17.8 Å². The largest absolute Gasteiger partial charge is 0.349 e. The van der Waals surface area contributed by atoms with Gasteiger partial charge in [-0.2, -0.15) is 0 Å². The van der Waals surface area contributed by atoms with Gasteiger partial charge in [0.25, 0.3) is 0 Å². The van der Waals surface area contributed by atoms with Crippen LogP contribution in [0.5, 0.6) is 0 Å². The van der Waals surface area contributed by atoms with Crippen LogP contribution in [0.15, 0.2) is 22.5 Å². The summed E-state index contributed by atoms with van der Waals surface area (Å²) in [4.78, 5) is 18.5. The highest BCUT2D eigenvalue weighted by Crippen LogP contribution is 2.17. The minimum absolute atomic E-state index is 0.0596. The number of carbonyl (C=O) groups excluding carboxylic acids is 1. The van der Waals surface area contributed by atoms with Gasteiger partial charge >= 0.3 is 0 Å². The Balaban J connectivity index is 2.66. The lowest BCUT2D eigenvalue weighted by atomic mass is 10.3. The van der Waals surface area contributed by atoms with E-state index < -0.39 is 0 Å². The zero-order valence-electron chi connectivity index (χ0n) is 12.0. The van der Waals surface area contributed by atoms with Crippen LogP contribution in [0.3, 0.4) is 0 Å². The Morgan fingerprint density at radius 3 is 2.90 bits per heavy atom. The molecule has 0 saturated heterocycles. The number of aliphatic imine (C=N–C) groups is 1. The first kappa shape index (κ1) is 16.1. The van der Waals surface area contributed by atoms with E-state index in [0.717, 1.165) is 0 Å². The number of hydrogen-bond acceptors (Lipinski definition) is 3. The topological polar surface area (TPSA) is 56.7 Å². The summed E-state index contributed by atoms with van der Waals surface area (Å²) in [6, 6.07) is 4.15. The fraction of sp³-hybridized carbons (Fsp3) is 0.429. The molecular formula is C14H20N4OS. The molecule has 0 aliphatic carbocycles. The van der Waals surface area contributed by atoms with Gasteiger partial charge in [0.1, 0.15) is 6.54 Å². The molecule has 0 aromatic carbocycles. The lowest BCUT2D eigenvalue weighted by Gasteiger charge is -2.17. The van der Waals surface area contributed by atoms with E-state index >= 15 is 0 Å². The minimum Gasteiger partial charge on any atom is -0.349 e. The number of terminal acetylenes is 1. The van der Waals surface area contributed by atoms with Crippen LogP contribution < -0.4 is 10.6 Å². The second-order valence-electron chi connectivity index (χ2n) is 4.39. The molecule has 0 aliphatic rings. The Labute approximate surface area is 124 Å². The third kappa shape index (κ3) is 5.33. The Bertz CT molecular complexity index is 488. The molecule has 1 atom stereocenters. The van der Waals surface area contributed by atoms with Crippen molar-refractivity contribution in [1.82, 2.24) is 15.5 Å². The predicted molar refractivity (Wildman–Crippen MR) is 83.7 cm³/mol. The maximum atomic E-state index is 11.6. The summed E-state index contributed by atoms with van der Waals surface area (Å²) in [6.45, 7) is 2.48. The molecule has 0 spiro atoms. The SMILES string of the molecule is C#CCNC(=NCC(=O)N(C)C)NC(C)c1cccs1. The molecule has 2 N–H and O–H groups in total. The van der Waals surface area contributed by atoms with Gasteiger partial charge in [-0.15, -0.1) is 17.8 Å². The molecule has 0 fully saturated rings. The molecule has 1 heterocycles. The third-order valence-corrected chi connectivity index (χ3v) is 3.61. The Kier molecular flexibility index (Phi) is 6.60. The maximum Gasteiger partial charge on any atom is 0.243 e. The Hall–Kier alpha value is -2.00. The number of thiophene rings is 1. The van der Waals surface area contributed by atoms with Crippen molar-refractivity contribution in [2.45, 2.75) is 13.0 Å². The van der Waals surface area contributed by atoms with Crippen LogP contribution in [0, 0.1) is 12.3 Å². The highest BCUT2D eigenvalue weighted by atomic mass is 32.1. The first-order valence-electron chi connectivity index (χ1n) is 6.26. The maximum absolute atomic E-state index is 11.6. The second-order valence-corrected chi connectivity index (χ2v) is 5.37. The third-order valence-electron chi connectivity index (χ3n) is 2.55. The summed E-state index contributed by atoms with van der Waals surface area (Å²) in [5.41, 5.74) is 0. The summed E-state index contributed by atoms with van der Waals surface area (Å²) < 4.78 is 0. The first-order chi connectivity index (χ1) is 9.54. The van der Waals surface area contributed by atoms with Crippen molar-refractivity contribution < 1.29 is 4.79 Å². The zero-order valence-corrected chi connectivity index (χ0v) is 12.8. The number of carbonyl (C=O) groups is 1. The van der Waals surface area contributed by atoms with E-state index in [-0.39, 0.29) is 18.5 Å². The zero-order chi connectivity index (χ0) is 15.0. The van der Waals surface area contributed by atoms with E-state index in [0.29, 0.717) is 12.5 Å². The minimum atomic E-state index is -0.0596. The van der Waals surface area contributed by atoms with Crippen LogP contribution in [0.2, 0.25) is 0 Å². The van der Waals surface area contributed by atoms with E-state index in [1.807, 2.05) is 24.4 Å². The van der Waals surface area contributed by atoms with Crippen molar-refractivity contribution in [2.75, 3.05) is 27.2 Å². The highest BCUT2D eigenvalue weighted by Gasteiger charge is 2.09. The van der Waals surface area contributed by atoms with Gasteiger partial charge in [0.15, 0.2) is 5.96 Å². The number of likely N-dealkylation sites (N-methyl/N-ethyl adjacent to an activating group) is 1. The van der Waals surface area contributed by atoms with Gasteiger partial charge in [-0.3, -0.25) is 4.79 Å². The number of hydrogen-bond donors (Lipinski definition) is 2. The van der Waals surface area contributed by atoms with E-state index in [1.165, 1.54) is 9.78 Å². The average molecular weight is 292 g/mol. The van der Waals surface area contributed by atoms with Gasteiger partial charge in [-0.05, 0) is 18.4 Å². The smallest absolute Gasteiger partial charge is 0.243 e. The van der Waals surface area contributed by atoms with Gasteiger partial charge in [-0.1, -0.05) is 12.0 Å². The van der Waals surface area contributed by atoms with Gasteiger partial charge in [-0.25, -0.2) is 4.99 Å². The van der Waals surface area contributed by atoms with Gasteiger partial charge in [0.2, 0.25) is 5.91 Å². The molecule has 0 radical (unpaired) electrons. The molecule has 1 aromatic rings. The summed E-state index contributed by atoms with van der Waals surface area (Å²) in [7, 11) is 3.40. The molecule has 5 nitrogen and oxygen atoms in total. The Morgan fingerprint density at radius 2 is 2.35 bits per heavy atom. The summed E-state index contributed by atoms with van der Waals surface area (Å²) >= 11 is 1.67. The average Bonchev–Trinajstić information content (AvgIpc) is 2.95. The van der Waals surface area contributed by atoms with E-state index in [4.69, 9.17) is 6.42 Å². The number of guanidine groups is 1. The molecule has 0 aliphatic heterocycles.